The molecule has 3 aromatic carbocycles. The van der Waals surface area contributed by atoms with Gasteiger partial charge >= 0.3 is 0 Å². The molecular formula is C20H18BrNO2. The first-order valence-electron chi connectivity index (χ1n) is 7.87. The number of halogens is 1. The summed E-state index contributed by atoms with van der Waals surface area (Å²) in [5, 5.41) is 5.14. The minimum absolute atomic E-state index is 0.149. The largest absolute Gasteiger partial charge is 0.481 e. The molecule has 0 heterocycles. The van der Waals surface area contributed by atoms with Crippen molar-refractivity contribution in [1.82, 2.24) is 0 Å². The van der Waals surface area contributed by atoms with Gasteiger partial charge in [-0.1, -0.05) is 59.3 Å². The van der Waals surface area contributed by atoms with Gasteiger partial charge in [-0.15, -0.1) is 0 Å². The van der Waals surface area contributed by atoms with E-state index in [0.29, 0.717) is 12.2 Å². The molecule has 0 fully saturated rings. The summed E-state index contributed by atoms with van der Waals surface area (Å²) in [6.07, 6.45) is 0.0530. The molecule has 1 amide bonds. The molecular weight excluding hydrogens is 366 g/mol. The molecule has 0 aromatic heterocycles. The molecule has 122 valence electrons. The number of carbonyl (C=O) groups excluding carboxylic acids is 1. The van der Waals surface area contributed by atoms with Crippen molar-refractivity contribution in [3.63, 3.8) is 0 Å². The summed E-state index contributed by atoms with van der Waals surface area (Å²) in [5.74, 6) is 0.550. The second kappa shape index (κ2) is 7.49. The summed E-state index contributed by atoms with van der Waals surface area (Å²) in [6.45, 7) is 1.94. The SMILES string of the molecule is CCC(Oc1ccc2ccccc2c1)C(=O)Nc1cccc(Br)c1. The fraction of sp³-hybridized carbons (Fsp3) is 0.150. The summed E-state index contributed by atoms with van der Waals surface area (Å²) >= 11 is 3.40. The molecule has 3 nitrogen and oxygen atoms in total. The minimum Gasteiger partial charge on any atom is -0.481 e. The Hall–Kier alpha value is -2.33. The van der Waals surface area contributed by atoms with Crippen molar-refractivity contribution in [2.75, 3.05) is 5.32 Å². The van der Waals surface area contributed by atoms with Crippen LogP contribution in [0.1, 0.15) is 13.3 Å². The van der Waals surface area contributed by atoms with Crippen molar-refractivity contribution in [1.29, 1.82) is 0 Å². The van der Waals surface area contributed by atoms with E-state index in [2.05, 4.69) is 27.3 Å². The molecule has 4 heteroatoms. The maximum Gasteiger partial charge on any atom is 0.265 e. The molecule has 1 atom stereocenters. The van der Waals surface area contributed by atoms with Crippen LogP contribution in [0.2, 0.25) is 0 Å². The highest BCUT2D eigenvalue weighted by Crippen LogP contribution is 2.22. The zero-order valence-electron chi connectivity index (χ0n) is 13.3. The van der Waals surface area contributed by atoms with Gasteiger partial charge in [0.1, 0.15) is 5.75 Å². The Morgan fingerprint density at radius 3 is 2.58 bits per heavy atom. The van der Waals surface area contributed by atoms with Crippen LogP contribution in [0.15, 0.2) is 71.2 Å². The lowest BCUT2D eigenvalue weighted by atomic mass is 10.1. The summed E-state index contributed by atoms with van der Waals surface area (Å²) < 4.78 is 6.83. The Morgan fingerprint density at radius 2 is 1.83 bits per heavy atom. The van der Waals surface area contributed by atoms with Gasteiger partial charge in [0.15, 0.2) is 6.10 Å². The maximum absolute atomic E-state index is 12.5. The quantitative estimate of drug-likeness (QED) is 0.640. The molecule has 3 aromatic rings. The molecule has 0 aliphatic carbocycles. The van der Waals surface area contributed by atoms with Crippen LogP contribution in [0.25, 0.3) is 10.8 Å². The summed E-state index contributed by atoms with van der Waals surface area (Å²) in [7, 11) is 0. The Kier molecular flexibility index (Phi) is 5.16. The lowest BCUT2D eigenvalue weighted by Crippen LogP contribution is -2.32. The lowest BCUT2D eigenvalue weighted by molar-refractivity contribution is -0.122. The monoisotopic (exact) mass is 383 g/mol. The number of carbonyl (C=O) groups is 1. The predicted octanol–water partition coefficient (Wildman–Crippen LogP) is 5.40. The zero-order chi connectivity index (χ0) is 16.9. The highest BCUT2D eigenvalue weighted by molar-refractivity contribution is 9.10. The number of nitrogens with one attached hydrogen (secondary N) is 1. The summed E-state index contributed by atoms with van der Waals surface area (Å²) in [4.78, 5) is 12.5. The van der Waals surface area contributed by atoms with E-state index in [4.69, 9.17) is 4.74 Å². The van der Waals surface area contributed by atoms with Crippen molar-refractivity contribution in [3.05, 3.63) is 71.2 Å². The standard InChI is InChI=1S/C20H18BrNO2/c1-2-19(20(23)22-17-9-5-8-16(21)13-17)24-18-11-10-14-6-3-4-7-15(14)12-18/h3-13,19H,2H2,1H3,(H,22,23). The molecule has 1 unspecified atom stereocenters. The molecule has 24 heavy (non-hydrogen) atoms. The first kappa shape index (κ1) is 16.5. The third kappa shape index (κ3) is 3.95. The number of ether oxygens (including phenoxy) is 1. The molecule has 0 saturated carbocycles. The van der Waals surface area contributed by atoms with Crippen LogP contribution in [-0.4, -0.2) is 12.0 Å². The highest BCUT2D eigenvalue weighted by atomic mass is 79.9. The number of rotatable bonds is 5. The van der Waals surface area contributed by atoms with Crippen molar-refractivity contribution >= 4 is 38.3 Å². The molecule has 1 N–H and O–H groups in total. The molecule has 0 spiro atoms. The number of benzene rings is 3. The highest BCUT2D eigenvalue weighted by Gasteiger charge is 2.18. The number of hydrogen-bond donors (Lipinski definition) is 1. The van der Waals surface area contributed by atoms with Gasteiger partial charge in [-0.05, 0) is 47.5 Å². The van der Waals surface area contributed by atoms with Crippen molar-refractivity contribution < 1.29 is 9.53 Å². The van der Waals surface area contributed by atoms with Crippen molar-refractivity contribution in [3.8, 4) is 5.75 Å². The van der Waals surface area contributed by atoms with E-state index >= 15 is 0 Å². The van der Waals surface area contributed by atoms with Gasteiger partial charge in [0.2, 0.25) is 0 Å². The van der Waals surface area contributed by atoms with E-state index < -0.39 is 6.10 Å². The van der Waals surface area contributed by atoms with Gasteiger partial charge in [0, 0.05) is 10.2 Å². The number of fused-ring (bicyclic) bond motifs is 1. The fourth-order valence-electron chi connectivity index (χ4n) is 2.52. The number of anilines is 1. The van der Waals surface area contributed by atoms with Crippen LogP contribution in [0, 0.1) is 0 Å². The van der Waals surface area contributed by atoms with E-state index in [1.165, 1.54) is 0 Å². The van der Waals surface area contributed by atoms with Gasteiger partial charge in [-0.2, -0.15) is 0 Å². The Balaban J connectivity index is 1.74. The topological polar surface area (TPSA) is 38.3 Å². The Morgan fingerprint density at radius 1 is 1.04 bits per heavy atom. The van der Waals surface area contributed by atoms with Gasteiger partial charge in [-0.25, -0.2) is 0 Å². The van der Waals surface area contributed by atoms with Crippen molar-refractivity contribution in [2.24, 2.45) is 0 Å². The van der Waals surface area contributed by atoms with Gasteiger partial charge in [0.05, 0.1) is 0 Å². The Labute approximate surface area is 149 Å². The van der Waals surface area contributed by atoms with Gasteiger partial charge in [-0.3, -0.25) is 4.79 Å². The van der Waals surface area contributed by atoms with Gasteiger partial charge in [0.25, 0.3) is 5.91 Å². The van der Waals surface area contributed by atoms with E-state index in [1.54, 1.807) is 0 Å². The molecule has 3 rings (SSSR count). The minimum atomic E-state index is -0.537. The van der Waals surface area contributed by atoms with Crippen LogP contribution in [0.4, 0.5) is 5.69 Å². The first-order valence-corrected chi connectivity index (χ1v) is 8.67. The summed E-state index contributed by atoms with van der Waals surface area (Å²) in [5.41, 5.74) is 0.745. The van der Waals surface area contributed by atoms with E-state index in [1.807, 2.05) is 67.6 Å². The third-order valence-electron chi connectivity index (χ3n) is 3.75. The molecule has 0 bridgehead atoms. The zero-order valence-corrected chi connectivity index (χ0v) is 14.9. The van der Waals surface area contributed by atoms with Crippen LogP contribution in [-0.2, 0) is 4.79 Å². The van der Waals surface area contributed by atoms with Crippen molar-refractivity contribution in [2.45, 2.75) is 19.4 Å². The number of hydrogen-bond acceptors (Lipinski definition) is 2. The molecule has 0 aliphatic rings. The second-order valence-corrected chi connectivity index (χ2v) is 6.44. The van der Waals surface area contributed by atoms with Gasteiger partial charge < -0.3 is 10.1 Å². The molecule has 0 saturated heterocycles. The third-order valence-corrected chi connectivity index (χ3v) is 4.25. The predicted molar refractivity (Wildman–Crippen MR) is 101 cm³/mol. The van der Waals surface area contributed by atoms with Crippen LogP contribution < -0.4 is 10.1 Å². The maximum atomic E-state index is 12.5. The number of amides is 1. The lowest BCUT2D eigenvalue weighted by Gasteiger charge is -2.17. The summed E-state index contributed by atoms with van der Waals surface area (Å²) in [6, 6.07) is 21.5. The van der Waals surface area contributed by atoms with Crippen LogP contribution >= 0.6 is 15.9 Å². The smallest absolute Gasteiger partial charge is 0.265 e. The normalized spacial score (nSPS) is 11.9. The first-order chi connectivity index (χ1) is 11.7. The van der Waals surface area contributed by atoms with E-state index in [9.17, 15) is 4.79 Å². The van der Waals surface area contributed by atoms with Crippen LogP contribution in [0.5, 0.6) is 5.75 Å². The average Bonchev–Trinajstić information content (AvgIpc) is 2.59. The second-order valence-electron chi connectivity index (χ2n) is 5.52. The van der Waals surface area contributed by atoms with E-state index in [0.717, 1.165) is 20.9 Å². The Bertz CT molecular complexity index is 863. The molecule has 0 radical (unpaired) electrons. The fourth-order valence-corrected chi connectivity index (χ4v) is 2.92. The van der Waals surface area contributed by atoms with E-state index in [-0.39, 0.29) is 5.91 Å². The van der Waals surface area contributed by atoms with Crippen LogP contribution in [0.3, 0.4) is 0 Å². The molecule has 0 aliphatic heterocycles. The average molecular weight is 384 g/mol.